The van der Waals surface area contributed by atoms with Gasteiger partial charge in [0.1, 0.15) is 11.9 Å². The van der Waals surface area contributed by atoms with Crippen molar-refractivity contribution in [2.45, 2.75) is 85.2 Å². The molecular formula is C29H39BrN2O. The lowest BCUT2D eigenvalue weighted by molar-refractivity contribution is 0.110. The topological polar surface area (TPSA) is 34.0 Å². The molecule has 2 aliphatic rings. The standard InChI is InChI=1S/C29H39BrN2O/c1-6-20(2)9-8-16-32-28-19-27(30)29(11-7-10-21(28)3)33-26-15-14-23-12-13-24(22(4)31-5)17-25(23)18-26/h11-13,16-17,19-20,26H,6-10,14-15,18H2,1-5H3. The van der Waals surface area contributed by atoms with Gasteiger partial charge in [-0.1, -0.05) is 32.4 Å². The molecule has 1 aromatic carbocycles. The third kappa shape index (κ3) is 7.27. The van der Waals surface area contributed by atoms with Gasteiger partial charge in [0.2, 0.25) is 0 Å². The van der Waals surface area contributed by atoms with Gasteiger partial charge in [-0.2, -0.15) is 0 Å². The lowest BCUT2D eigenvalue weighted by atomic mass is 9.88. The molecule has 4 heteroatoms. The van der Waals surface area contributed by atoms with Gasteiger partial charge in [0.15, 0.2) is 0 Å². The molecule has 0 bridgehead atoms. The Kier molecular flexibility index (Phi) is 9.73. The predicted molar refractivity (Wildman–Crippen MR) is 146 cm³/mol. The molecule has 0 fully saturated rings. The molecule has 0 spiro atoms. The van der Waals surface area contributed by atoms with E-state index in [1.54, 1.807) is 0 Å². The van der Waals surface area contributed by atoms with E-state index in [0.29, 0.717) is 0 Å². The molecule has 0 amide bonds. The molecule has 0 radical (unpaired) electrons. The van der Waals surface area contributed by atoms with E-state index in [2.05, 4.69) is 85.2 Å². The van der Waals surface area contributed by atoms with Gasteiger partial charge in [-0.05, 0) is 115 Å². The number of benzene rings is 1. The minimum Gasteiger partial charge on any atom is -0.489 e. The number of allylic oxidation sites excluding steroid dienone is 4. The second kappa shape index (κ2) is 12.5. The molecule has 0 saturated carbocycles. The van der Waals surface area contributed by atoms with Crippen molar-refractivity contribution in [1.82, 2.24) is 0 Å². The number of halogens is 1. The summed E-state index contributed by atoms with van der Waals surface area (Å²) in [6.45, 7) is 8.82. The third-order valence-electron chi connectivity index (χ3n) is 6.94. The highest BCUT2D eigenvalue weighted by atomic mass is 79.9. The largest absolute Gasteiger partial charge is 0.489 e. The highest BCUT2D eigenvalue weighted by Gasteiger charge is 2.22. The van der Waals surface area contributed by atoms with Crippen LogP contribution in [0.25, 0.3) is 0 Å². The van der Waals surface area contributed by atoms with Gasteiger partial charge in [-0.15, -0.1) is 0 Å². The fraction of sp³-hybridized carbons (Fsp3) is 0.517. The van der Waals surface area contributed by atoms with Crippen LogP contribution >= 0.6 is 15.9 Å². The molecule has 0 saturated heterocycles. The van der Waals surface area contributed by atoms with Crippen LogP contribution in [0.5, 0.6) is 0 Å². The molecule has 3 rings (SSSR count). The van der Waals surface area contributed by atoms with Gasteiger partial charge < -0.3 is 4.74 Å². The average Bonchev–Trinajstić information content (AvgIpc) is 2.82. The van der Waals surface area contributed by atoms with Crippen LogP contribution in [-0.2, 0) is 17.6 Å². The summed E-state index contributed by atoms with van der Waals surface area (Å²) in [5.74, 6) is 1.70. The maximum Gasteiger partial charge on any atom is 0.130 e. The Labute approximate surface area is 209 Å². The summed E-state index contributed by atoms with van der Waals surface area (Å²) >= 11 is 3.79. The van der Waals surface area contributed by atoms with E-state index < -0.39 is 0 Å². The smallest absolute Gasteiger partial charge is 0.130 e. The van der Waals surface area contributed by atoms with Crippen LogP contribution in [0.4, 0.5) is 0 Å². The van der Waals surface area contributed by atoms with Crippen LogP contribution in [0.3, 0.4) is 0 Å². The van der Waals surface area contributed by atoms with E-state index >= 15 is 0 Å². The molecule has 2 aliphatic carbocycles. The predicted octanol–water partition coefficient (Wildman–Crippen LogP) is 8.13. The van der Waals surface area contributed by atoms with Crippen molar-refractivity contribution in [3.63, 3.8) is 0 Å². The summed E-state index contributed by atoms with van der Waals surface area (Å²) in [5.41, 5.74) is 7.51. The van der Waals surface area contributed by atoms with E-state index in [1.165, 1.54) is 35.1 Å². The van der Waals surface area contributed by atoms with Gasteiger partial charge >= 0.3 is 0 Å². The van der Waals surface area contributed by atoms with E-state index in [1.807, 2.05) is 7.05 Å². The molecular weight excluding hydrogens is 472 g/mol. The number of rotatable bonds is 8. The van der Waals surface area contributed by atoms with Gasteiger partial charge in [0.05, 0.1) is 10.2 Å². The van der Waals surface area contributed by atoms with Gasteiger partial charge in [-0.3, -0.25) is 9.98 Å². The van der Waals surface area contributed by atoms with Crippen LogP contribution in [0.2, 0.25) is 0 Å². The molecule has 0 heterocycles. The van der Waals surface area contributed by atoms with Crippen LogP contribution in [0.15, 0.2) is 61.8 Å². The monoisotopic (exact) mass is 510 g/mol. The minimum absolute atomic E-state index is 0.186. The highest BCUT2D eigenvalue weighted by Crippen LogP contribution is 2.32. The minimum atomic E-state index is 0.186. The lowest BCUT2D eigenvalue weighted by Crippen LogP contribution is -2.23. The summed E-state index contributed by atoms with van der Waals surface area (Å²) < 4.78 is 7.55. The van der Waals surface area contributed by atoms with Crippen molar-refractivity contribution < 1.29 is 4.74 Å². The second-order valence-corrected chi connectivity index (χ2v) is 10.3. The molecule has 3 nitrogen and oxygen atoms in total. The van der Waals surface area contributed by atoms with E-state index in [4.69, 9.17) is 9.73 Å². The van der Waals surface area contributed by atoms with Crippen LogP contribution in [-0.4, -0.2) is 25.1 Å². The van der Waals surface area contributed by atoms with Crippen molar-refractivity contribution in [2.75, 3.05) is 7.05 Å². The second-order valence-electron chi connectivity index (χ2n) is 9.44. The number of nitrogens with zero attached hydrogens (tertiary/aromatic N) is 2. The molecule has 178 valence electrons. The molecule has 1 aromatic rings. The first-order chi connectivity index (χ1) is 15.9. The highest BCUT2D eigenvalue weighted by molar-refractivity contribution is 9.12. The Bertz CT molecular complexity index is 983. The lowest BCUT2D eigenvalue weighted by Gasteiger charge is -2.27. The van der Waals surface area contributed by atoms with Crippen molar-refractivity contribution in [3.8, 4) is 0 Å². The first kappa shape index (κ1) is 25.7. The Morgan fingerprint density at radius 2 is 2.09 bits per heavy atom. The molecule has 33 heavy (non-hydrogen) atoms. The van der Waals surface area contributed by atoms with Crippen molar-refractivity contribution >= 4 is 27.9 Å². The van der Waals surface area contributed by atoms with Gasteiger partial charge in [0, 0.05) is 25.4 Å². The number of hydrogen-bond acceptors (Lipinski definition) is 3. The molecule has 0 N–H and O–H groups in total. The Morgan fingerprint density at radius 3 is 2.85 bits per heavy atom. The number of aryl methyl sites for hydroxylation is 1. The van der Waals surface area contributed by atoms with E-state index in [9.17, 15) is 0 Å². The fourth-order valence-electron chi connectivity index (χ4n) is 4.30. The van der Waals surface area contributed by atoms with Crippen LogP contribution in [0, 0.1) is 5.92 Å². The van der Waals surface area contributed by atoms with Crippen LogP contribution in [0.1, 0.15) is 82.9 Å². The number of ether oxygens (including phenoxy) is 1. The normalized spacial score (nSPS) is 20.7. The van der Waals surface area contributed by atoms with Crippen molar-refractivity contribution in [2.24, 2.45) is 15.9 Å². The maximum absolute atomic E-state index is 6.56. The zero-order valence-electron chi connectivity index (χ0n) is 21.0. The number of fused-ring (bicyclic) bond motifs is 1. The summed E-state index contributed by atoms with van der Waals surface area (Å²) in [6.07, 6.45) is 15.1. The molecule has 0 aliphatic heterocycles. The summed E-state index contributed by atoms with van der Waals surface area (Å²) in [5, 5.41) is 0. The summed E-state index contributed by atoms with van der Waals surface area (Å²) in [4.78, 5) is 9.17. The Hall–Kier alpha value is -1.94. The first-order valence-electron chi connectivity index (χ1n) is 12.4. The van der Waals surface area contributed by atoms with Gasteiger partial charge in [0.25, 0.3) is 0 Å². The van der Waals surface area contributed by atoms with E-state index in [-0.39, 0.29) is 6.10 Å². The zero-order chi connectivity index (χ0) is 23.8. The number of hydrogen-bond donors (Lipinski definition) is 0. The van der Waals surface area contributed by atoms with Crippen molar-refractivity contribution in [3.05, 3.63) is 68.6 Å². The Balaban J connectivity index is 1.69. The molecule has 0 aromatic heterocycles. The number of aliphatic imine (C=N–C) groups is 2. The third-order valence-corrected chi connectivity index (χ3v) is 7.56. The summed E-state index contributed by atoms with van der Waals surface area (Å²) in [6, 6.07) is 6.75. The zero-order valence-corrected chi connectivity index (χ0v) is 22.5. The quantitative estimate of drug-likeness (QED) is 0.325. The van der Waals surface area contributed by atoms with E-state index in [0.717, 1.165) is 66.1 Å². The Morgan fingerprint density at radius 1 is 1.27 bits per heavy atom. The first-order valence-corrected chi connectivity index (χ1v) is 13.2. The summed E-state index contributed by atoms with van der Waals surface area (Å²) in [7, 11) is 1.85. The maximum atomic E-state index is 6.56. The molecule has 2 atom stereocenters. The average molecular weight is 512 g/mol. The fourth-order valence-corrected chi connectivity index (χ4v) is 4.77. The molecule has 2 unspecified atom stereocenters. The van der Waals surface area contributed by atoms with Crippen LogP contribution < -0.4 is 0 Å². The van der Waals surface area contributed by atoms with Gasteiger partial charge in [-0.25, -0.2) is 0 Å². The SMILES string of the molecule is CCC(C)CCC=NC1=C(C)CCC=C(OC2CCc3ccc(C(C)=NC)cc3C2)C(Br)=C1. The van der Waals surface area contributed by atoms with Crippen molar-refractivity contribution in [1.29, 1.82) is 0 Å².